The second-order valence-corrected chi connectivity index (χ2v) is 5.32. The summed E-state index contributed by atoms with van der Waals surface area (Å²) in [6.07, 6.45) is 2.87. The van der Waals surface area contributed by atoms with E-state index in [0.717, 1.165) is 19.3 Å². The van der Waals surface area contributed by atoms with Gasteiger partial charge < -0.3 is 21.1 Å². The lowest BCUT2D eigenvalue weighted by atomic mass is 10.0. The van der Waals surface area contributed by atoms with Crippen LogP contribution < -0.4 is 21.1 Å². The number of hydrogen-bond donors (Lipinski definition) is 3. The molecule has 0 aliphatic heterocycles. The van der Waals surface area contributed by atoms with Crippen molar-refractivity contribution in [2.45, 2.75) is 25.3 Å². The van der Waals surface area contributed by atoms with Crippen LogP contribution in [0.25, 0.3) is 0 Å². The Kier molecular flexibility index (Phi) is 4.79. The minimum Gasteiger partial charge on any atom is -0.495 e. The summed E-state index contributed by atoms with van der Waals surface area (Å²) < 4.78 is 5.19. The molecule has 1 aromatic carbocycles. The maximum Gasteiger partial charge on any atom is 0.319 e. The largest absolute Gasteiger partial charge is 0.495 e. The number of thiocarbonyl (C=S) groups is 1. The number of methoxy groups -OCH3 is 1. The van der Waals surface area contributed by atoms with Gasteiger partial charge in [0.25, 0.3) is 0 Å². The number of ether oxygens (including phenoxy) is 1. The van der Waals surface area contributed by atoms with Gasteiger partial charge in [0, 0.05) is 12.0 Å². The fraction of sp³-hybridized carbons (Fsp3) is 0.429. The Labute approximate surface area is 123 Å². The Hall–Kier alpha value is -1.82. The number of carbonyl (C=O) groups excluding carboxylic acids is 1. The van der Waals surface area contributed by atoms with E-state index in [1.54, 1.807) is 19.2 Å². The first-order chi connectivity index (χ1) is 9.61. The molecule has 1 fully saturated rings. The van der Waals surface area contributed by atoms with E-state index < -0.39 is 0 Å². The smallest absolute Gasteiger partial charge is 0.319 e. The van der Waals surface area contributed by atoms with Gasteiger partial charge in [-0.2, -0.15) is 0 Å². The molecular formula is C14H19N3O2S. The molecule has 0 aromatic heterocycles. The van der Waals surface area contributed by atoms with Crippen LogP contribution >= 0.6 is 12.2 Å². The molecule has 0 radical (unpaired) electrons. The number of nitrogens with two attached hydrogens (primary N) is 1. The highest BCUT2D eigenvalue weighted by atomic mass is 32.1. The number of nitrogens with one attached hydrogen (secondary N) is 2. The number of rotatable bonds is 4. The number of para-hydroxylation sites is 2. The summed E-state index contributed by atoms with van der Waals surface area (Å²) in [5.41, 5.74) is 6.34. The lowest BCUT2D eigenvalue weighted by molar-refractivity contribution is 0.247. The third-order valence-corrected chi connectivity index (χ3v) is 3.86. The number of amides is 2. The van der Waals surface area contributed by atoms with Gasteiger partial charge in [-0.05, 0) is 25.0 Å². The van der Waals surface area contributed by atoms with Gasteiger partial charge in [-0.1, -0.05) is 30.8 Å². The molecule has 1 aromatic rings. The first-order valence-corrected chi connectivity index (χ1v) is 7.02. The quantitative estimate of drug-likeness (QED) is 0.744. The SMILES string of the molecule is COc1ccccc1NC(=O)NC1CCCC1C(N)=S. The molecule has 0 spiro atoms. The third-order valence-electron chi connectivity index (χ3n) is 3.55. The summed E-state index contributed by atoms with van der Waals surface area (Å²) in [6.45, 7) is 0. The molecule has 0 heterocycles. The van der Waals surface area contributed by atoms with Gasteiger partial charge in [0.2, 0.25) is 0 Å². The molecule has 6 heteroatoms. The van der Waals surface area contributed by atoms with Gasteiger partial charge in [0.05, 0.1) is 17.8 Å². The van der Waals surface area contributed by atoms with Crippen molar-refractivity contribution in [3.63, 3.8) is 0 Å². The minimum atomic E-state index is -0.261. The van der Waals surface area contributed by atoms with Gasteiger partial charge in [-0.25, -0.2) is 4.79 Å². The molecule has 1 saturated carbocycles. The van der Waals surface area contributed by atoms with E-state index in [1.165, 1.54) is 0 Å². The van der Waals surface area contributed by atoms with Crippen LogP contribution in [-0.2, 0) is 0 Å². The van der Waals surface area contributed by atoms with E-state index >= 15 is 0 Å². The van der Waals surface area contributed by atoms with Crippen LogP contribution in [0.2, 0.25) is 0 Å². The van der Waals surface area contributed by atoms with Gasteiger partial charge in [0.1, 0.15) is 5.75 Å². The van der Waals surface area contributed by atoms with Crippen molar-refractivity contribution >= 4 is 28.9 Å². The highest BCUT2D eigenvalue weighted by Crippen LogP contribution is 2.27. The molecule has 1 aliphatic rings. The molecule has 108 valence electrons. The summed E-state index contributed by atoms with van der Waals surface area (Å²) in [4.78, 5) is 12.5. The van der Waals surface area contributed by atoms with Crippen LogP contribution in [0.3, 0.4) is 0 Å². The highest BCUT2D eigenvalue weighted by molar-refractivity contribution is 7.80. The van der Waals surface area contributed by atoms with Crippen LogP contribution in [0.4, 0.5) is 10.5 Å². The number of benzene rings is 1. The second-order valence-electron chi connectivity index (χ2n) is 4.85. The van der Waals surface area contributed by atoms with Gasteiger partial charge in [-0.15, -0.1) is 0 Å². The van der Waals surface area contributed by atoms with Crippen molar-refractivity contribution in [3.05, 3.63) is 24.3 Å². The van der Waals surface area contributed by atoms with Crippen molar-refractivity contribution < 1.29 is 9.53 Å². The molecule has 2 rings (SSSR count). The van der Waals surface area contributed by atoms with Crippen LogP contribution in [0, 0.1) is 5.92 Å². The molecule has 20 heavy (non-hydrogen) atoms. The molecule has 1 aliphatic carbocycles. The van der Waals surface area contributed by atoms with E-state index in [-0.39, 0.29) is 18.0 Å². The number of carbonyl (C=O) groups is 1. The molecule has 0 bridgehead atoms. The lowest BCUT2D eigenvalue weighted by Gasteiger charge is -2.20. The summed E-state index contributed by atoms with van der Waals surface area (Å²) >= 11 is 5.04. The Morgan fingerprint density at radius 2 is 2.15 bits per heavy atom. The van der Waals surface area contributed by atoms with Crippen molar-refractivity contribution in [1.29, 1.82) is 0 Å². The van der Waals surface area contributed by atoms with Crippen molar-refractivity contribution in [2.75, 3.05) is 12.4 Å². The Morgan fingerprint density at radius 3 is 2.85 bits per heavy atom. The average Bonchev–Trinajstić information content (AvgIpc) is 2.87. The zero-order valence-electron chi connectivity index (χ0n) is 11.4. The average molecular weight is 293 g/mol. The van der Waals surface area contributed by atoms with E-state index in [1.807, 2.05) is 12.1 Å². The normalized spacial score (nSPS) is 21.2. The van der Waals surface area contributed by atoms with E-state index in [4.69, 9.17) is 22.7 Å². The maximum absolute atomic E-state index is 12.0. The van der Waals surface area contributed by atoms with E-state index in [9.17, 15) is 4.79 Å². The Balaban J connectivity index is 1.97. The Morgan fingerprint density at radius 1 is 1.40 bits per heavy atom. The lowest BCUT2D eigenvalue weighted by Crippen LogP contribution is -2.43. The molecular weight excluding hydrogens is 274 g/mol. The Bertz CT molecular complexity index is 507. The number of hydrogen-bond acceptors (Lipinski definition) is 3. The highest BCUT2D eigenvalue weighted by Gasteiger charge is 2.30. The monoisotopic (exact) mass is 293 g/mol. The van der Waals surface area contributed by atoms with Crippen molar-refractivity contribution in [2.24, 2.45) is 11.7 Å². The third kappa shape index (κ3) is 3.39. The topological polar surface area (TPSA) is 76.4 Å². The molecule has 4 N–H and O–H groups in total. The fourth-order valence-corrected chi connectivity index (χ4v) is 2.83. The first kappa shape index (κ1) is 14.6. The van der Waals surface area contributed by atoms with Crippen LogP contribution in [0.15, 0.2) is 24.3 Å². The predicted molar refractivity (Wildman–Crippen MR) is 83.1 cm³/mol. The first-order valence-electron chi connectivity index (χ1n) is 6.61. The number of urea groups is 1. The summed E-state index contributed by atoms with van der Waals surface area (Å²) in [5, 5.41) is 5.73. The summed E-state index contributed by atoms with van der Waals surface area (Å²) in [7, 11) is 1.57. The summed E-state index contributed by atoms with van der Waals surface area (Å²) in [6, 6.07) is 7.03. The molecule has 2 atom stereocenters. The summed E-state index contributed by atoms with van der Waals surface area (Å²) in [5.74, 6) is 0.716. The van der Waals surface area contributed by atoms with Crippen LogP contribution in [-0.4, -0.2) is 24.2 Å². The van der Waals surface area contributed by atoms with Crippen molar-refractivity contribution in [1.82, 2.24) is 5.32 Å². The fourth-order valence-electron chi connectivity index (χ4n) is 2.55. The van der Waals surface area contributed by atoms with E-state index in [2.05, 4.69) is 10.6 Å². The second kappa shape index (κ2) is 6.56. The molecule has 0 saturated heterocycles. The maximum atomic E-state index is 12.0. The standard InChI is InChI=1S/C14H19N3O2S/c1-19-12-8-3-2-6-11(12)17-14(18)16-10-7-4-5-9(10)13(15)20/h2-3,6,8-10H,4-5,7H2,1H3,(H2,15,20)(H2,16,17,18). The number of anilines is 1. The van der Waals surface area contributed by atoms with Gasteiger partial charge in [0.15, 0.2) is 0 Å². The van der Waals surface area contributed by atoms with Gasteiger partial charge >= 0.3 is 6.03 Å². The van der Waals surface area contributed by atoms with Gasteiger partial charge in [-0.3, -0.25) is 0 Å². The van der Waals surface area contributed by atoms with Crippen molar-refractivity contribution in [3.8, 4) is 5.75 Å². The zero-order chi connectivity index (χ0) is 14.5. The molecule has 5 nitrogen and oxygen atoms in total. The van der Waals surface area contributed by atoms with Crippen LogP contribution in [0.1, 0.15) is 19.3 Å². The molecule has 2 amide bonds. The predicted octanol–water partition coefficient (Wildman–Crippen LogP) is 2.27. The van der Waals surface area contributed by atoms with Crippen LogP contribution in [0.5, 0.6) is 5.75 Å². The van der Waals surface area contributed by atoms with E-state index in [0.29, 0.717) is 16.4 Å². The zero-order valence-corrected chi connectivity index (χ0v) is 12.2. The molecule has 2 unspecified atom stereocenters. The minimum absolute atomic E-state index is 0.0159.